The Morgan fingerprint density at radius 3 is 1.50 bits per heavy atom. The molecule has 0 nitrogen and oxygen atoms in total. The van der Waals surface area contributed by atoms with Gasteiger partial charge in [-0.3, -0.25) is 0 Å². The van der Waals surface area contributed by atoms with Gasteiger partial charge in [-0.2, -0.15) is 17.6 Å². The summed E-state index contributed by atoms with van der Waals surface area (Å²) in [5.74, 6) is -9.06. The van der Waals surface area contributed by atoms with E-state index < -0.39 is 23.9 Å². The Kier molecular flexibility index (Phi) is 1.58. The van der Waals surface area contributed by atoms with Gasteiger partial charge in [-0.05, 0) is 6.92 Å². The molecule has 12 heavy (non-hydrogen) atoms. The van der Waals surface area contributed by atoms with Crippen LogP contribution in [0.25, 0.3) is 0 Å². The molecule has 5 heteroatoms. The Morgan fingerprint density at radius 2 is 1.42 bits per heavy atom. The van der Waals surface area contributed by atoms with Crippen LogP contribution in [0, 0.1) is 0 Å². The van der Waals surface area contributed by atoms with Gasteiger partial charge < -0.3 is 0 Å². The molecule has 1 saturated carbocycles. The minimum absolute atomic E-state index is 0.0191. The van der Waals surface area contributed by atoms with Gasteiger partial charge in [0.1, 0.15) is 0 Å². The first kappa shape index (κ1) is 9.48. The molecule has 0 atom stereocenters. The summed E-state index contributed by atoms with van der Waals surface area (Å²) in [6, 6.07) is 0. The lowest BCUT2D eigenvalue weighted by molar-refractivity contribution is -0.0278. The molecule has 0 spiro atoms. The molecular weight excluding hydrogens is 179 g/mol. The van der Waals surface area contributed by atoms with Crippen LogP contribution < -0.4 is 0 Å². The van der Waals surface area contributed by atoms with E-state index in [0.29, 0.717) is 0 Å². The largest absolute Gasteiger partial charge is 0.353 e. The third kappa shape index (κ3) is 0.765. The highest BCUT2D eigenvalue weighted by atomic mass is 19.3. The highest BCUT2D eigenvalue weighted by molar-refractivity contribution is 5.31. The van der Waals surface area contributed by atoms with Gasteiger partial charge in [-0.25, -0.2) is 4.39 Å². The summed E-state index contributed by atoms with van der Waals surface area (Å²) in [5, 5.41) is 0. The Morgan fingerprint density at radius 1 is 1.08 bits per heavy atom. The van der Waals surface area contributed by atoms with E-state index in [0.717, 1.165) is 0 Å². The van der Waals surface area contributed by atoms with Crippen molar-refractivity contribution in [3.8, 4) is 0 Å². The maximum atomic E-state index is 12.7. The van der Waals surface area contributed by atoms with Gasteiger partial charge in [-0.15, -0.1) is 6.58 Å². The van der Waals surface area contributed by atoms with Crippen LogP contribution in [0.2, 0.25) is 0 Å². The Labute approximate surface area is 66.1 Å². The molecule has 0 bridgehead atoms. The summed E-state index contributed by atoms with van der Waals surface area (Å²) in [7, 11) is 0. The predicted molar refractivity (Wildman–Crippen MR) is 33.2 cm³/mol. The fraction of sp³-hybridized carbons (Fsp3) is 0.714. The van der Waals surface area contributed by atoms with E-state index in [1.54, 1.807) is 0 Å². The highest BCUT2D eigenvalue weighted by Gasteiger charge is 2.98. The molecule has 0 N–H and O–H groups in total. The van der Waals surface area contributed by atoms with Gasteiger partial charge in [0.15, 0.2) is 0 Å². The zero-order chi connectivity index (χ0) is 9.78. The van der Waals surface area contributed by atoms with Crippen molar-refractivity contribution in [2.45, 2.75) is 30.9 Å². The lowest BCUT2D eigenvalue weighted by atomic mass is 10.1. The monoisotopic (exact) mass is 186 g/mol. The number of hydrogen-bond acceptors (Lipinski definition) is 0. The van der Waals surface area contributed by atoms with Gasteiger partial charge in [0.25, 0.3) is 5.67 Å². The second-order valence-corrected chi connectivity index (χ2v) is 3.08. The first-order chi connectivity index (χ1) is 5.17. The third-order valence-corrected chi connectivity index (χ3v) is 1.87. The molecule has 0 aromatic carbocycles. The molecule has 1 fully saturated rings. The van der Waals surface area contributed by atoms with Crippen molar-refractivity contribution in [3.05, 3.63) is 12.2 Å². The predicted octanol–water partition coefficient (Wildman–Crippen LogP) is 2.95. The molecule has 1 aliphatic rings. The second-order valence-electron chi connectivity index (χ2n) is 3.08. The zero-order valence-corrected chi connectivity index (χ0v) is 6.30. The van der Waals surface area contributed by atoms with Crippen LogP contribution in [0.4, 0.5) is 22.0 Å². The lowest BCUT2D eigenvalue weighted by Crippen LogP contribution is -2.13. The summed E-state index contributed by atoms with van der Waals surface area (Å²) in [6.07, 6.45) is -0.993. The molecule has 70 valence electrons. The van der Waals surface area contributed by atoms with Crippen molar-refractivity contribution in [2.24, 2.45) is 0 Å². The summed E-state index contributed by atoms with van der Waals surface area (Å²) in [6.45, 7) is 4.33. The van der Waals surface area contributed by atoms with Gasteiger partial charge in [0, 0.05) is 6.42 Å². The van der Waals surface area contributed by atoms with E-state index in [9.17, 15) is 22.0 Å². The summed E-state index contributed by atoms with van der Waals surface area (Å²) in [5.41, 5.74) is -3.72. The smallest absolute Gasteiger partial charge is 0.230 e. The van der Waals surface area contributed by atoms with Crippen molar-refractivity contribution in [3.63, 3.8) is 0 Å². The third-order valence-electron chi connectivity index (χ3n) is 1.87. The molecule has 0 radical (unpaired) electrons. The Bertz CT molecular complexity index is 216. The van der Waals surface area contributed by atoms with Crippen molar-refractivity contribution < 1.29 is 22.0 Å². The Balaban J connectivity index is 2.85. The molecule has 0 unspecified atom stereocenters. The van der Waals surface area contributed by atoms with Crippen LogP contribution >= 0.6 is 0 Å². The molecule has 1 rings (SSSR count). The second kappa shape index (κ2) is 2.00. The zero-order valence-electron chi connectivity index (χ0n) is 6.30. The standard InChI is InChI=1S/C7H7F5/c1-4(2)3-5(8)6(9,10)7(5,11)12/h1,3H2,2H3. The first-order valence-electron chi connectivity index (χ1n) is 3.26. The average molecular weight is 186 g/mol. The Hall–Kier alpha value is -0.610. The van der Waals surface area contributed by atoms with E-state index in [1.807, 2.05) is 0 Å². The van der Waals surface area contributed by atoms with E-state index in [4.69, 9.17) is 0 Å². The van der Waals surface area contributed by atoms with Crippen LogP contribution in [-0.2, 0) is 0 Å². The normalized spacial score (nSPS) is 28.2. The van der Waals surface area contributed by atoms with E-state index in [2.05, 4.69) is 6.58 Å². The summed E-state index contributed by atoms with van der Waals surface area (Å²) in [4.78, 5) is 0. The van der Waals surface area contributed by atoms with Crippen molar-refractivity contribution >= 4 is 0 Å². The van der Waals surface area contributed by atoms with Crippen molar-refractivity contribution in [1.82, 2.24) is 0 Å². The fourth-order valence-corrected chi connectivity index (χ4v) is 1.08. The quantitative estimate of drug-likeness (QED) is 0.459. The van der Waals surface area contributed by atoms with Crippen LogP contribution in [0.3, 0.4) is 0 Å². The van der Waals surface area contributed by atoms with Gasteiger partial charge in [0.2, 0.25) is 0 Å². The molecular formula is C7H7F5. The number of halogens is 5. The van der Waals surface area contributed by atoms with E-state index in [1.165, 1.54) is 6.92 Å². The SMILES string of the molecule is C=C(C)CC1(F)C(F)(F)C1(F)F. The average Bonchev–Trinajstić information content (AvgIpc) is 2.08. The minimum Gasteiger partial charge on any atom is -0.230 e. The highest BCUT2D eigenvalue weighted by Crippen LogP contribution is 2.70. The molecule has 0 amide bonds. The molecule has 1 aliphatic carbocycles. The van der Waals surface area contributed by atoms with Gasteiger partial charge >= 0.3 is 11.8 Å². The molecule has 0 aromatic rings. The van der Waals surface area contributed by atoms with Crippen LogP contribution in [-0.4, -0.2) is 17.5 Å². The molecule has 0 aromatic heterocycles. The van der Waals surface area contributed by atoms with E-state index in [-0.39, 0.29) is 5.57 Å². The first-order valence-corrected chi connectivity index (χ1v) is 3.26. The number of rotatable bonds is 2. The van der Waals surface area contributed by atoms with Crippen LogP contribution in [0.1, 0.15) is 13.3 Å². The number of alkyl halides is 5. The summed E-state index contributed by atoms with van der Waals surface area (Å²) < 4.78 is 61.4. The number of allylic oxidation sites excluding steroid dienone is 1. The van der Waals surface area contributed by atoms with Gasteiger partial charge in [-0.1, -0.05) is 5.57 Å². The maximum Gasteiger partial charge on any atom is 0.353 e. The lowest BCUT2D eigenvalue weighted by Gasteiger charge is -2.02. The van der Waals surface area contributed by atoms with Crippen molar-refractivity contribution in [2.75, 3.05) is 0 Å². The molecule has 0 saturated heterocycles. The number of hydrogen-bond donors (Lipinski definition) is 0. The van der Waals surface area contributed by atoms with Crippen LogP contribution in [0.15, 0.2) is 12.2 Å². The van der Waals surface area contributed by atoms with E-state index >= 15 is 0 Å². The minimum atomic E-state index is -4.53. The van der Waals surface area contributed by atoms with Gasteiger partial charge in [0.05, 0.1) is 0 Å². The van der Waals surface area contributed by atoms with Crippen molar-refractivity contribution in [1.29, 1.82) is 0 Å². The maximum absolute atomic E-state index is 12.7. The molecule has 0 heterocycles. The van der Waals surface area contributed by atoms with Crippen LogP contribution in [0.5, 0.6) is 0 Å². The fourth-order valence-electron chi connectivity index (χ4n) is 1.08. The summed E-state index contributed by atoms with van der Waals surface area (Å²) >= 11 is 0. The topological polar surface area (TPSA) is 0 Å². The molecule has 0 aliphatic heterocycles.